The minimum absolute atomic E-state index is 0.0569. The smallest absolute Gasteiger partial charge is 0.335 e. The zero-order chi connectivity index (χ0) is 26.7. The van der Waals surface area contributed by atoms with Gasteiger partial charge in [-0.1, -0.05) is 35.5 Å². The number of aliphatic hydroxyl groups is 2. The number of carboxylic acid groups (broad SMARTS) is 1. The number of hydrogen-bond donors (Lipinski definition) is 3. The molecule has 1 fully saturated rings. The Morgan fingerprint density at radius 3 is 2.46 bits per heavy atom. The highest BCUT2D eigenvalue weighted by molar-refractivity contribution is 5.73. The second kappa shape index (κ2) is 11.4. The molecule has 0 bridgehead atoms. The zero-order valence-electron chi connectivity index (χ0n) is 19.4. The first-order chi connectivity index (χ1) is 17.7. The number of halogens is 3. The highest BCUT2D eigenvalue weighted by atomic mass is 19.2. The summed E-state index contributed by atoms with van der Waals surface area (Å²) < 4.78 is 58.8. The lowest BCUT2D eigenvalue weighted by atomic mass is 9.89. The Hall–Kier alpha value is -3.36. The first-order valence-corrected chi connectivity index (χ1v) is 11.2. The number of carboxylic acids is 1. The van der Waals surface area contributed by atoms with E-state index in [0.29, 0.717) is 5.56 Å². The predicted octanol–water partition coefficient (Wildman–Crippen LogP) is 1.71. The van der Waals surface area contributed by atoms with Gasteiger partial charge in [-0.15, -0.1) is 5.10 Å². The lowest BCUT2D eigenvalue weighted by Gasteiger charge is -2.45. The maximum Gasteiger partial charge on any atom is 0.335 e. The van der Waals surface area contributed by atoms with Gasteiger partial charge in [0.2, 0.25) is 0 Å². The van der Waals surface area contributed by atoms with E-state index in [2.05, 4.69) is 10.3 Å². The van der Waals surface area contributed by atoms with Crippen LogP contribution in [0.1, 0.15) is 11.6 Å². The van der Waals surface area contributed by atoms with Crippen molar-refractivity contribution >= 4 is 5.97 Å². The van der Waals surface area contributed by atoms with Crippen LogP contribution in [0.4, 0.5) is 13.2 Å². The van der Waals surface area contributed by atoms with Crippen molar-refractivity contribution < 1.29 is 47.5 Å². The second-order valence-electron chi connectivity index (χ2n) is 8.40. The van der Waals surface area contributed by atoms with Crippen LogP contribution in [0.2, 0.25) is 0 Å². The fraction of sp³-hybridized carbons (Fsp3) is 0.375. The molecule has 2 aromatic carbocycles. The van der Waals surface area contributed by atoms with Crippen LogP contribution in [0.3, 0.4) is 0 Å². The minimum atomic E-state index is -1.64. The third-order valence-electron chi connectivity index (χ3n) is 6.08. The van der Waals surface area contributed by atoms with Crippen LogP contribution < -0.4 is 0 Å². The molecule has 10 nitrogen and oxygen atoms in total. The molecule has 0 amide bonds. The number of aromatic nitrogens is 3. The fourth-order valence-corrected chi connectivity index (χ4v) is 4.27. The predicted molar refractivity (Wildman–Crippen MR) is 120 cm³/mol. The molecule has 0 radical (unpaired) electrons. The third kappa shape index (κ3) is 5.50. The maximum absolute atomic E-state index is 13.7. The van der Waals surface area contributed by atoms with Gasteiger partial charge in [-0.2, -0.15) is 0 Å². The monoisotopic (exact) mass is 523 g/mol. The number of rotatable bonds is 9. The summed E-state index contributed by atoms with van der Waals surface area (Å²) in [6, 6.07) is 9.13. The number of carbonyl (C=O) groups is 1. The number of hydrogen-bond acceptors (Lipinski definition) is 8. The Labute approximate surface area is 208 Å². The number of aliphatic carboxylic acids is 1. The van der Waals surface area contributed by atoms with Crippen LogP contribution in [-0.4, -0.2) is 80.5 Å². The summed E-state index contributed by atoms with van der Waals surface area (Å²) in [5.74, 6) is -5.86. The average Bonchev–Trinajstić information content (AvgIpc) is 3.37. The fourth-order valence-electron chi connectivity index (χ4n) is 4.27. The van der Waals surface area contributed by atoms with Gasteiger partial charge in [0.25, 0.3) is 0 Å². The van der Waals surface area contributed by atoms with Gasteiger partial charge in [0.15, 0.2) is 23.6 Å². The zero-order valence-corrected chi connectivity index (χ0v) is 19.4. The summed E-state index contributed by atoms with van der Waals surface area (Å²) in [5.41, 5.74) is 0.523. The highest BCUT2D eigenvalue weighted by Crippen LogP contribution is 2.35. The Morgan fingerprint density at radius 1 is 1.19 bits per heavy atom. The van der Waals surface area contributed by atoms with Crippen LogP contribution in [0.15, 0.2) is 48.7 Å². The lowest BCUT2D eigenvalue weighted by molar-refractivity contribution is -0.244. The first kappa shape index (κ1) is 26.7. The van der Waals surface area contributed by atoms with E-state index in [9.17, 15) is 33.3 Å². The topological polar surface area (TPSA) is 136 Å². The molecule has 2 heterocycles. The molecule has 37 heavy (non-hydrogen) atoms. The standard InChI is InChI=1S/C24H24F3N3O7/c1-35-21-19(30-9-16(28-29-30)13-7-14(25)18(27)15(26)8-13)20(32)17(10-31)37-22(21)23(24(33)34)36-11-12-5-3-2-4-6-12/h2-9,17,19-23,31-32H,10-11H2,1H3,(H,33,34)/t17?,19?,20-,21?,22?,23-/m0/s1. The molecule has 0 saturated carbocycles. The summed E-state index contributed by atoms with van der Waals surface area (Å²) in [6.07, 6.45) is -5.54. The summed E-state index contributed by atoms with van der Waals surface area (Å²) in [6.45, 7) is -0.744. The lowest BCUT2D eigenvalue weighted by Crippen LogP contribution is -2.61. The Kier molecular flexibility index (Phi) is 8.19. The maximum atomic E-state index is 13.7. The van der Waals surface area contributed by atoms with Gasteiger partial charge in [0, 0.05) is 12.7 Å². The molecular weight excluding hydrogens is 499 g/mol. The van der Waals surface area contributed by atoms with E-state index >= 15 is 0 Å². The van der Waals surface area contributed by atoms with Gasteiger partial charge in [-0.05, 0) is 17.7 Å². The molecule has 1 saturated heterocycles. The van der Waals surface area contributed by atoms with Crippen molar-refractivity contribution in [2.75, 3.05) is 13.7 Å². The molecule has 3 aromatic rings. The Morgan fingerprint density at radius 2 is 1.86 bits per heavy atom. The van der Waals surface area contributed by atoms with Gasteiger partial charge < -0.3 is 29.5 Å². The van der Waals surface area contributed by atoms with Crippen molar-refractivity contribution in [3.05, 3.63) is 71.7 Å². The van der Waals surface area contributed by atoms with Crippen molar-refractivity contribution in [1.82, 2.24) is 15.0 Å². The molecule has 13 heteroatoms. The van der Waals surface area contributed by atoms with E-state index < -0.39 is 66.6 Å². The van der Waals surface area contributed by atoms with Crippen LogP contribution in [0.5, 0.6) is 0 Å². The van der Waals surface area contributed by atoms with Gasteiger partial charge >= 0.3 is 5.97 Å². The molecule has 1 aliphatic heterocycles. The SMILES string of the molecule is COC1C([C@H](OCc2ccccc2)C(=O)O)OC(CO)[C@H](O)C1n1cc(-c2cc(F)c(F)c(F)c2)nn1. The van der Waals surface area contributed by atoms with Crippen molar-refractivity contribution in [1.29, 1.82) is 0 Å². The van der Waals surface area contributed by atoms with E-state index in [1.807, 2.05) is 0 Å². The first-order valence-electron chi connectivity index (χ1n) is 11.2. The number of methoxy groups -OCH3 is 1. The van der Waals surface area contributed by atoms with Crippen molar-refractivity contribution in [3.8, 4) is 11.3 Å². The van der Waals surface area contributed by atoms with Crippen molar-refractivity contribution in [3.63, 3.8) is 0 Å². The van der Waals surface area contributed by atoms with Crippen molar-refractivity contribution in [2.45, 2.75) is 43.2 Å². The largest absolute Gasteiger partial charge is 0.479 e. The molecule has 0 spiro atoms. The summed E-state index contributed by atoms with van der Waals surface area (Å²) >= 11 is 0. The van der Waals surface area contributed by atoms with E-state index in [1.165, 1.54) is 13.3 Å². The average molecular weight is 523 g/mol. The van der Waals surface area contributed by atoms with E-state index in [1.54, 1.807) is 30.3 Å². The number of ether oxygens (including phenoxy) is 3. The number of aliphatic hydroxyl groups excluding tert-OH is 2. The van der Waals surface area contributed by atoms with Crippen LogP contribution in [0.25, 0.3) is 11.3 Å². The van der Waals surface area contributed by atoms with Crippen molar-refractivity contribution in [2.24, 2.45) is 0 Å². The molecule has 3 N–H and O–H groups in total. The summed E-state index contributed by atoms with van der Waals surface area (Å²) in [7, 11) is 1.26. The third-order valence-corrected chi connectivity index (χ3v) is 6.08. The van der Waals surface area contributed by atoms with Crippen LogP contribution in [-0.2, 0) is 25.6 Å². The summed E-state index contributed by atoms with van der Waals surface area (Å²) in [5, 5.41) is 38.4. The normalized spacial score (nSPS) is 24.6. The molecule has 4 rings (SSSR count). The molecule has 6 atom stereocenters. The van der Waals surface area contributed by atoms with Crippen LogP contribution >= 0.6 is 0 Å². The van der Waals surface area contributed by atoms with E-state index in [0.717, 1.165) is 16.8 Å². The Balaban J connectivity index is 1.66. The molecule has 0 aliphatic carbocycles. The molecular formula is C24H24F3N3O7. The second-order valence-corrected chi connectivity index (χ2v) is 8.40. The van der Waals surface area contributed by atoms with Crippen LogP contribution in [0, 0.1) is 17.5 Å². The molecule has 198 valence electrons. The van der Waals surface area contributed by atoms with E-state index in [-0.39, 0.29) is 17.9 Å². The molecule has 1 aliphatic rings. The minimum Gasteiger partial charge on any atom is -0.479 e. The highest BCUT2D eigenvalue weighted by Gasteiger charge is 2.51. The Bertz CT molecular complexity index is 1210. The number of nitrogens with zero attached hydrogens (tertiary/aromatic N) is 3. The summed E-state index contributed by atoms with van der Waals surface area (Å²) in [4.78, 5) is 12.2. The van der Waals surface area contributed by atoms with Gasteiger partial charge in [-0.25, -0.2) is 22.6 Å². The van der Waals surface area contributed by atoms with E-state index in [4.69, 9.17) is 14.2 Å². The molecule has 1 aromatic heterocycles. The van der Waals surface area contributed by atoms with Gasteiger partial charge in [-0.3, -0.25) is 0 Å². The molecule has 4 unspecified atom stereocenters. The van der Waals surface area contributed by atoms with Gasteiger partial charge in [0.05, 0.1) is 19.4 Å². The van der Waals surface area contributed by atoms with Gasteiger partial charge in [0.1, 0.15) is 36.2 Å². The number of benzene rings is 2. The quantitative estimate of drug-likeness (QED) is 0.358.